The summed E-state index contributed by atoms with van der Waals surface area (Å²) in [6.07, 6.45) is 9.29. The van der Waals surface area contributed by atoms with Crippen molar-refractivity contribution in [2.75, 3.05) is 26.8 Å². The van der Waals surface area contributed by atoms with Gasteiger partial charge in [-0.15, -0.1) is 24.0 Å². The quantitative estimate of drug-likeness (QED) is 0.294. The molecule has 2 N–H and O–H groups in total. The van der Waals surface area contributed by atoms with E-state index in [1.54, 1.807) is 0 Å². The van der Waals surface area contributed by atoms with Crippen molar-refractivity contribution >= 4 is 29.9 Å². The fourth-order valence-corrected chi connectivity index (χ4v) is 3.82. The smallest absolute Gasteiger partial charge is 0.191 e. The largest absolute Gasteiger partial charge is 0.377 e. The fraction of sp³-hybridized carbons (Fsp3) is 0.571. The zero-order chi connectivity index (χ0) is 17.3. The third-order valence-electron chi connectivity index (χ3n) is 5.36. The van der Waals surface area contributed by atoms with Crippen molar-refractivity contribution in [3.05, 3.63) is 47.5 Å². The lowest BCUT2D eigenvalue weighted by Crippen LogP contribution is -2.45. The minimum atomic E-state index is 0. The first kappa shape index (κ1) is 21.2. The van der Waals surface area contributed by atoms with E-state index in [1.165, 1.54) is 36.8 Å². The highest BCUT2D eigenvalue weighted by molar-refractivity contribution is 14.0. The average molecular weight is 469 g/mol. The maximum Gasteiger partial charge on any atom is 0.191 e. The average Bonchev–Trinajstić information content (AvgIpc) is 2.69. The van der Waals surface area contributed by atoms with Crippen LogP contribution in [0.15, 0.2) is 47.0 Å². The molecular weight excluding hydrogens is 437 g/mol. The van der Waals surface area contributed by atoms with Crippen LogP contribution in [0.1, 0.15) is 50.0 Å². The van der Waals surface area contributed by atoms with Crippen molar-refractivity contribution in [3.63, 3.8) is 0 Å². The molecule has 1 aromatic carbocycles. The number of hydrogen-bond acceptors (Lipinski definition) is 2. The second-order valence-corrected chi connectivity index (χ2v) is 7.04. The van der Waals surface area contributed by atoms with Crippen molar-refractivity contribution in [2.24, 2.45) is 4.99 Å². The normalized spacial score (nSPS) is 23.6. The molecule has 1 aliphatic heterocycles. The minimum absolute atomic E-state index is 0. The van der Waals surface area contributed by atoms with Gasteiger partial charge in [-0.25, -0.2) is 0 Å². The van der Waals surface area contributed by atoms with Crippen molar-refractivity contribution < 1.29 is 4.74 Å². The molecule has 1 aromatic rings. The lowest BCUT2D eigenvalue weighted by atomic mass is 9.82. The van der Waals surface area contributed by atoms with E-state index >= 15 is 0 Å². The first-order valence-electron chi connectivity index (χ1n) is 9.63. The first-order valence-corrected chi connectivity index (χ1v) is 9.63. The van der Waals surface area contributed by atoms with Gasteiger partial charge < -0.3 is 15.4 Å². The minimum Gasteiger partial charge on any atom is -0.377 e. The number of guanidine groups is 1. The van der Waals surface area contributed by atoms with Crippen molar-refractivity contribution in [2.45, 2.75) is 50.5 Å². The summed E-state index contributed by atoms with van der Waals surface area (Å²) in [5, 5.41) is 7.07. The van der Waals surface area contributed by atoms with Gasteiger partial charge in [-0.1, -0.05) is 42.0 Å². The Bertz CT molecular complexity index is 580. The van der Waals surface area contributed by atoms with E-state index in [2.05, 4.69) is 52.0 Å². The van der Waals surface area contributed by atoms with E-state index in [0.29, 0.717) is 6.04 Å². The number of aliphatic imine (C=N–C) groups is 1. The molecule has 0 unspecified atom stereocenters. The van der Waals surface area contributed by atoms with E-state index in [0.717, 1.165) is 44.5 Å². The molecule has 1 fully saturated rings. The van der Waals surface area contributed by atoms with E-state index < -0.39 is 0 Å². The number of nitrogens with one attached hydrogen (secondary N) is 2. The molecule has 4 nitrogen and oxygen atoms in total. The molecular formula is C21H32IN3O. The van der Waals surface area contributed by atoms with Crippen LogP contribution in [0.3, 0.4) is 0 Å². The lowest BCUT2D eigenvalue weighted by molar-refractivity contribution is 0.153. The molecule has 0 aromatic heterocycles. The number of ether oxygens (including phenoxy) is 1. The lowest BCUT2D eigenvalue weighted by Gasteiger charge is -2.30. The summed E-state index contributed by atoms with van der Waals surface area (Å²) < 4.78 is 5.36. The van der Waals surface area contributed by atoms with E-state index in [9.17, 15) is 0 Å². The molecule has 144 valence electrons. The van der Waals surface area contributed by atoms with Crippen molar-refractivity contribution in [1.82, 2.24) is 10.6 Å². The highest BCUT2D eigenvalue weighted by atomic mass is 127. The Morgan fingerprint density at radius 2 is 1.92 bits per heavy atom. The van der Waals surface area contributed by atoms with Gasteiger partial charge in [0.15, 0.2) is 5.96 Å². The molecule has 0 saturated heterocycles. The highest BCUT2D eigenvalue weighted by Gasteiger charge is 2.22. The second-order valence-electron chi connectivity index (χ2n) is 7.04. The summed E-state index contributed by atoms with van der Waals surface area (Å²) in [4.78, 5) is 4.39. The monoisotopic (exact) mass is 469 g/mol. The maximum atomic E-state index is 5.36. The van der Waals surface area contributed by atoms with E-state index in [1.807, 2.05) is 7.05 Å². The zero-order valence-electron chi connectivity index (χ0n) is 15.7. The topological polar surface area (TPSA) is 45.7 Å². The van der Waals surface area contributed by atoms with Crippen LogP contribution in [0.25, 0.3) is 0 Å². The molecule has 26 heavy (non-hydrogen) atoms. The standard InChI is InChI=1S/C21H31N3O.HI/c1-22-21(23-14-11-17-12-15-25-16-13-17)24-20-9-7-19(8-10-20)18-5-3-2-4-6-18;/h2-6,12,19-20H,7-11,13-16H2,1H3,(H2,22,23,24);1H. The molecule has 3 rings (SSSR count). The third kappa shape index (κ3) is 6.58. The molecule has 5 heteroatoms. The number of rotatable bonds is 5. The van der Waals surface area contributed by atoms with Gasteiger partial charge >= 0.3 is 0 Å². The Morgan fingerprint density at radius 3 is 2.58 bits per heavy atom. The van der Waals surface area contributed by atoms with Crippen LogP contribution >= 0.6 is 24.0 Å². The Kier molecular flexibility index (Phi) is 9.46. The maximum absolute atomic E-state index is 5.36. The first-order chi connectivity index (χ1) is 12.3. The summed E-state index contributed by atoms with van der Waals surface area (Å²) in [6.45, 7) is 2.57. The van der Waals surface area contributed by atoms with Gasteiger partial charge in [0, 0.05) is 19.6 Å². The predicted octanol–water partition coefficient (Wildman–Crippen LogP) is 4.23. The number of benzene rings is 1. The summed E-state index contributed by atoms with van der Waals surface area (Å²) in [7, 11) is 1.86. The molecule has 0 atom stereocenters. The van der Waals surface area contributed by atoms with Crippen LogP contribution in [-0.4, -0.2) is 38.8 Å². The molecule has 0 radical (unpaired) electrons. The number of nitrogens with zero attached hydrogens (tertiary/aromatic N) is 1. The van der Waals surface area contributed by atoms with Crippen LogP contribution in [-0.2, 0) is 4.74 Å². The van der Waals surface area contributed by atoms with Gasteiger partial charge in [-0.05, 0) is 50.0 Å². The van der Waals surface area contributed by atoms with E-state index in [-0.39, 0.29) is 24.0 Å². The summed E-state index contributed by atoms with van der Waals surface area (Å²) >= 11 is 0. The van der Waals surface area contributed by atoms with Gasteiger partial charge in [0.2, 0.25) is 0 Å². The van der Waals surface area contributed by atoms with Crippen LogP contribution in [0.4, 0.5) is 0 Å². The summed E-state index contributed by atoms with van der Waals surface area (Å²) in [5.41, 5.74) is 2.99. The molecule has 0 bridgehead atoms. The van der Waals surface area contributed by atoms with Gasteiger partial charge in [-0.2, -0.15) is 0 Å². The van der Waals surface area contributed by atoms with Crippen LogP contribution in [0.2, 0.25) is 0 Å². The Balaban J connectivity index is 0.00000243. The zero-order valence-corrected chi connectivity index (χ0v) is 18.1. The molecule has 2 aliphatic rings. The third-order valence-corrected chi connectivity index (χ3v) is 5.36. The van der Waals surface area contributed by atoms with Crippen molar-refractivity contribution in [1.29, 1.82) is 0 Å². The number of hydrogen-bond donors (Lipinski definition) is 2. The molecule has 0 amide bonds. The molecule has 1 aliphatic carbocycles. The van der Waals surface area contributed by atoms with E-state index in [4.69, 9.17) is 4.74 Å². The SMILES string of the molecule is CN=C(NCCC1=CCOCC1)NC1CCC(c2ccccc2)CC1.I. The molecule has 1 saturated carbocycles. The molecule has 1 heterocycles. The van der Waals surface area contributed by atoms with Gasteiger partial charge in [-0.3, -0.25) is 4.99 Å². The van der Waals surface area contributed by atoms with Crippen LogP contribution < -0.4 is 10.6 Å². The Morgan fingerprint density at radius 1 is 1.15 bits per heavy atom. The van der Waals surface area contributed by atoms with Crippen LogP contribution in [0.5, 0.6) is 0 Å². The van der Waals surface area contributed by atoms with Gasteiger partial charge in [0.1, 0.15) is 0 Å². The Hall–Kier alpha value is -1.08. The van der Waals surface area contributed by atoms with Gasteiger partial charge in [0.05, 0.1) is 13.2 Å². The Labute approximate surface area is 174 Å². The second kappa shape index (κ2) is 11.6. The van der Waals surface area contributed by atoms with Gasteiger partial charge in [0.25, 0.3) is 0 Å². The van der Waals surface area contributed by atoms with Crippen molar-refractivity contribution in [3.8, 4) is 0 Å². The fourth-order valence-electron chi connectivity index (χ4n) is 3.82. The molecule has 0 spiro atoms. The highest BCUT2D eigenvalue weighted by Crippen LogP contribution is 2.32. The van der Waals surface area contributed by atoms with Crippen LogP contribution in [0, 0.1) is 0 Å². The number of halogens is 1. The summed E-state index contributed by atoms with van der Waals surface area (Å²) in [6, 6.07) is 11.5. The predicted molar refractivity (Wildman–Crippen MR) is 119 cm³/mol. The summed E-state index contributed by atoms with van der Waals surface area (Å²) in [5.74, 6) is 1.66.